The molecule has 1 heterocycles. The van der Waals surface area contributed by atoms with Crippen molar-refractivity contribution in [1.82, 2.24) is 10.0 Å². The minimum Gasteiger partial charge on any atom is -0.385 e. The monoisotopic (exact) mass is 527 g/mol. The lowest BCUT2D eigenvalue weighted by Crippen LogP contribution is -2.30. The largest absolute Gasteiger partial charge is 0.416 e. The van der Waals surface area contributed by atoms with Crippen LogP contribution in [-0.4, -0.2) is 40.9 Å². The molecule has 1 aliphatic rings. The fourth-order valence-corrected chi connectivity index (χ4v) is 5.40. The van der Waals surface area contributed by atoms with Gasteiger partial charge in [-0.15, -0.1) is 0 Å². The molecule has 0 amide bonds. The van der Waals surface area contributed by atoms with Crippen LogP contribution in [0.15, 0.2) is 54.6 Å². The predicted molar refractivity (Wildman–Crippen MR) is 142 cm³/mol. The molecule has 0 bridgehead atoms. The molecule has 0 fully saturated rings. The van der Waals surface area contributed by atoms with Gasteiger partial charge in [0.1, 0.15) is 0 Å². The average molecular weight is 528 g/mol. The number of hydrogen-bond donors (Lipinski definition) is 3. The van der Waals surface area contributed by atoms with Gasteiger partial charge in [-0.1, -0.05) is 56.7 Å². The Balaban J connectivity index is 0.000000662. The molecule has 2 aromatic carbocycles. The first kappa shape index (κ1) is 30.1. The molecule has 3 atom stereocenters. The molecule has 0 radical (unpaired) electrons. The number of fused-ring (bicyclic) bond motifs is 1. The molecule has 0 saturated carbocycles. The zero-order valence-corrected chi connectivity index (χ0v) is 22.3. The van der Waals surface area contributed by atoms with Crippen LogP contribution in [0.5, 0.6) is 0 Å². The lowest BCUT2D eigenvalue weighted by atomic mass is 9.79. The van der Waals surface area contributed by atoms with E-state index in [9.17, 15) is 21.6 Å². The number of halogens is 3. The first-order valence-electron chi connectivity index (χ1n) is 12.6. The van der Waals surface area contributed by atoms with Crippen LogP contribution < -0.4 is 15.4 Å². The number of benzene rings is 2. The fraction of sp³-hybridized carbons (Fsp3) is 0.556. The molecular formula is C27H40F3N3O2S. The van der Waals surface area contributed by atoms with E-state index >= 15 is 0 Å². The maximum atomic E-state index is 13.1. The van der Waals surface area contributed by atoms with Gasteiger partial charge in [-0.05, 0) is 74.4 Å². The SMILES string of the molecule is CNCCCS(=O)(=O)NCCC(C)CCC1CNc2ccc(C(F)(F)F)cc2C1C.c1ccccc1. The maximum absolute atomic E-state index is 13.1. The summed E-state index contributed by atoms with van der Waals surface area (Å²) in [5.74, 6) is 0.746. The van der Waals surface area contributed by atoms with Gasteiger partial charge in [0.05, 0.1) is 11.3 Å². The maximum Gasteiger partial charge on any atom is 0.416 e. The Bertz CT molecular complexity index is 974. The topological polar surface area (TPSA) is 70.2 Å². The van der Waals surface area contributed by atoms with Crippen LogP contribution in [0.1, 0.15) is 56.6 Å². The van der Waals surface area contributed by atoms with Crippen molar-refractivity contribution in [2.75, 3.05) is 37.8 Å². The van der Waals surface area contributed by atoms with Gasteiger partial charge >= 0.3 is 6.18 Å². The minimum absolute atomic E-state index is 0.0430. The van der Waals surface area contributed by atoms with E-state index in [1.54, 1.807) is 7.05 Å². The van der Waals surface area contributed by atoms with Gasteiger partial charge in [0.15, 0.2) is 0 Å². The Morgan fingerprint density at radius 1 is 1.06 bits per heavy atom. The quantitative estimate of drug-likeness (QED) is 0.320. The summed E-state index contributed by atoms with van der Waals surface area (Å²) in [7, 11) is -1.45. The first-order valence-corrected chi connectivity index (χ1v) is 14.3. The molecular weight excluding hydrogens is 487 g/mol. The van der Waals surface area contributed by atoms with Crippen molar-refractivity contribution in [2.24, 2.45) is 11.8 Å². The van der Waals surface area contributed by atoms with Crippen molar-refractivity contribution in [1.29, 1.82) is 0 Å². The Kier molecular flexibility index (Phi) is 12.2. The minimum atomic E-state index is -4.34. The molecule has 0 aliphatic carbocycles. The summed E-state index contributed by atoms with van der Waals surface area (Å²) in [6, 6.07) is 15.9. The second-order valence-electron chi connectivity index (χ2n) is 9.53. The van der Waals surface area contributed by atoms with E-state index in [0.717, 1.165) is 43.1 Å². The van der Waals surface area contributed by atoms with E-state index in [2.05, 4.69) is 22.3 Å². The zero-order chi connectivity index (χ0) is 26.6. The van der Waals surface area contributed by atoms with Crippen molar-refractivity contribution in [2.45, 2.75) is 51.6 Å². The predicted octanol–water partition coefficient (Wildman–Crippen LogP) is 5.87. The Hall–Kier alpha value is -2.10. The highest BCUT2D eigenvalue weighted by atomic mass is 32.2. The third kappa shape index (κ3) is 10.5. The van der Waals surface area contributed by atoms with Crippen LogP contribution in [0.3, 0.4) is 0 Å². The van der Waals surface area contributed by atoms with Gasteiger partial charge in [-0.3, -0.25) is 0 Å². The van der Waals surface area contributed by atoms with Gasteiger partial charge in [-0.25, -0.2) is 13.1 Å². The number of rotatable bonds is 11. The molecule has 0 saturated heterocycles. The van der Waals surface area contributed by atoms with Crippen LogP contribution >= 0.6 is 0 Å². The van der Waals surface area contributed by atoms with Gasteiger partial charge in [0, 0.05) is 18.8 Å². The van der Waals surface area contributed by atoms with Gasteiger partial charge in [0.25, 0.3) is 0 Å². The number of anilines is 1. The third-order valence-electron chi connectivity index (χ3n) is 6.63. The molecule has 3 N–H and O–H groups in total. The molecule has 36 heavy (non-hydrogen) atoms. The lowest BCUT2D eigenvalue weighted by molar-refractivity contribution is -0.137. The highest BCUT2D eigenvalue weighted by molar-refractivity contribution is 7.89. The van der Waals surface area contributed by atoms with Crippen LogP contribution in [0, 0.1) is 11.8 Å². The van der Waals surface area contributed by atoms with E-state index < -0.39 is 21.8 Å². The van der Waals surface area contributed by atoms with Gasteiger partial charge in [0.2, 0.25) is 10.0 Å². The second kappa shape index (κ2) is 14.6. The summed E-state index contributed by atoms with van der Waals surface area (Å²) >= 11 is 0. The van der Waals surface area contributed by atoms with Crippen molar-refractivity contribution >= 4 is 15.7 Å². The average Bonchev–Trinajstić information content (AvgIpc) is 2.84. The zero-order valence-electron chi connectivity index (χ0n) is 21.4. The highest BCUT2D eigenvalue weighted by Gasteiger charge is 2.33. The number of nitrogens with one attached hydrogen (secondary N) is 3. The molecule has 9 heteroatoms. The second-order valence-corrected chi connectivity index (χ2v) is 11.5. The number of hydrogen-bond acceptors (Lipinski definition) is 4. The molecule has 3 unspecified atom stereocenters. The van der Waals surface area contributed by atoms with Crippen molar-refractivity contribution in [3.8, 4) is 0 Å². The molecule has 1 aliphatic heterocycles. The molecule has 0 spiro atoms. The summed E-state index contributed by atoms with van der Waals surface area (Å²) < 4.78 is 65.7. The normalized spacial score (nSPS) is 18.4. The van der Waals surface area contributed by atoms with E-state index in [0.29, 0.717) is 25.4 Å². The standard InChI is InChI=1S/C21H34F3N3O2S.C6H6/c1-15(9-11-27-30(28,29)12-4-10-25-3)5-6-17-14-26-20-8-7-18(21(22,23)24)13-19(20)16(17)2;1-2-4-6-5-3-1/h7-8,13,15-17,25-27H,4-6,9-12,14H2,1-3H3;1-6H. The van der Waals surface area contributed by atoms with Crippen LogP contribution in [-0.2, 0) is 16.2 Å². The summed E-state index contributed by atoms with van der Waals surface area (Å²) in [5.41, 5.74) is 0.904. The van der Waals surface area contributed by atoms with Gasteiger partial charge < -0.3 is 10.6 Å². The number of alkyl halides is 3. The fourth-order valence-electron chi connectivity index (χ4n) is 4.30. The van der Waals surface area contributed by atoms with Crippen LogP contribution in [0.4, 0.5) is 18.9 Å². The van der Waals surface area contributed by atoms with Crippen molar-refractivity contribution < 1.29 is 21.6 Å². The van der Waals surface area contributed by atoms with E-state index in [4.69, 9.17) is 0 Å². The smallest absolute Gasteiger partial charge is 0.385 e. The van der Waals surface area contributed by atoms with E-state index in [1.165, 1.54) is 12.1 Å². The Morgan fingerprint density at radius 2 is 1.69 bits per heavy atom. The molecule has 5 nitrogen and oxygen atoms in total. The number of sulfonamides is 1. The molecule has 0 aromatic heterocycles. The van der Waals surface area contributed by atoms with Crippen LogP contribution in [0.25, 0.3) is 0 Å². The Morgan fingerprint density at radius 3 is 2.28 bits per heavy atom. The summed E-state index contributed by atoms with van der Waals surface area (Å²) in [4.78, 5) is 0. The highest BCUT2D eigenvalue weighted by Crippen LogP contribution is 2.41. The summed E-state index contributed by atoms with van der Waals surface area (Å²) in [5, 5.41) is 6.20. The van der Waals surface area contributed by atoms with E-state index in [1.807, 2.05) is 43.3 Å². The van der Waals surface area contributed by atoms with Crippen molar-refractivity contribution in [3.05, 3.63) is 65.7 Å². The molecule has 202 valence electrons. The summed E-state index contributed by atoms with van der Waals surface area (Å²) in [6.45, 7) is 5.91. The molecule has 3 rings (SSSR count). The van der Waals surface area contributed by atoms with Gasteiger partial charge in [-0.2, -0.15) is 13.2 Å². The van der Waals surface area contributed by atoms with Crippen LogP contribution in [0.2, 0.25) is 0 Å². The van der Waals surface area contributed by atoms with Crippen molar-refractivity contribution in [3.63, 3.8) is 0 Å². The van der Waals surface area contributed by atoms with E-state index in [-0.39, 0.29) is 17.6 Å². The summed E-state index contributed by atoms with van der Waals surface area (Å²) in [6.07, 6.45) is -1.22. The Labute approximate surface area is 214 Å². The molecule has 2 aromatic rings. The lowest BCUT2D eigenvalue weighted by Gasteiger charge is -2.33. The third-order valence-corrected chi connectivity index (χ3v) is 8.10. The first-order chi connectivity index (χ1) is 17.0.